The number of anilines is 1. The number of aliphatic hydroxyl groups is 1. The van der Waals surface area contributed by atoms with Crippen LogP contribution >= 0.6 is 0 Å². The van der Waals surface area contributed by atoms with Crippen LogP contribution < -0.4 is 16.4 Å². The normalized spacial score (nSPS) is 24.6. The van der Waals surface area contributed by atoms with Crippen LogP contribution in [0.25, 0.3) is 0 Å². The summed E-state index contributed by atoms with van der Waals surface area (Å²) in [5.41, 5.74) is 3.46. The Morgan fingerprint density at radius 1 is 1.35 bits per heavy atom. The molecule has 1 aliphatic carbocycles. The zero-order valence-corrected chi connectivity index (χ0v) is 18.3. The van der Waals surface area contributed by atoms with Gasteiger partial charge < -0.3 is 31.3 Å². The lowest BCUT2D eigenvalue weighted by Crippen LogP contribution is -2.51. The van der Waals surface area contributed by atoms with Gasteiger partial charge in [-0.3, -0.25) is 4.79 Å². The minimum Gasteiger partial charge on any atom is -0.481 e. The summed E-state index contributed by atoms with van der Waals surface area (Å²) in [4.78, 5) is 39.5. The molecule has 3 unspecified atom stereocenters. The van der Waals surface area contributed by atoms with Crippen molar-refractivity contribution in [3.8, 4) is 0 Å². The highest BCUT2D eigenvalue weighted by atomic mass is 16.6. The van der Waals surface area contributed by atoms with Crippen LogP contribution in [0.15, 0.2) is 6.33 Å². The number of nitrogens with two attached hydrogens (primary N) is 1. The van der Waals surface area contributed by atoms with Crippen LogP contribution in [0.2, 0.25) is 0 Å². The first kappa shape index (κ1) is 24.4. The van der Waals surface area contributed by atoms with Crippen molar-refractivity contribution in [3.05, 3.63) is 6.33 Å². The van der Waals surface area contributed by atoms with Gasteiger partial charge in [0.2, 0.25) is 5.95 Å². The number of amides is 2. The van der Waals surface area contributed by atoms with Gasteiger partial charge in [0.25, 0.3) is 0 Å². The van der Waals surface area contributed by atoms with Gasteiger partial charge in [0.15, 0.2) is 0 Å². The number of alkyl carbamates (subject to hydrolysis) is 1. The third-order valence-corrected chi connectivity index (χ3v) is 5.54. The van der Waals surface area contributed by atoms with Crippen LogP contribution in [0.1, 0.15) is 47.0 Å². The highest BCUT2D eigenvalue weighted by Gasteiger charge is 2.42. The maximum Gasteiger partial charge on any atom is 0.407 e. The van der Waals surface area contributed by atoms with Crippen molar-refractivity contribution in [2.24, 2.45) is 16.2 Å². The number of carboxylic acids is 1. The number of aromatic nitrogens is 3. The summed E-state index contributed by atoms with van der Waals surface area (Å²) in [6.45, 7) is 6.66. The number of carbonyl (C=O) groups is 3. The maximum atomic E-state index is 12.4. The Kier molecular flexibility index (Phi) is 7.14. The van der Waals surface area contributed by atoms with E-state index in [-0.39, 0.29) is 29.4 Å². The van der Waals surface area contributed by atoms with Gasteiger partial charge in [-0.15, -0.1) is 5.10 Å². The molecular weight excluding hydrogens is 408 g/mol. The molecule has 0 bridgehead atoms. The van der Waals surface area contributed by atoms with Gasteiger partial charge in [-0.2, -0.15) is 4.68 Å². The van der Waals surface area contributed by atoms with Crippen LogP contribution in [-0.2, 0) is 9.53 Å². The molecule has 31 heavy (non-hydrogen) atoms. The number of nitrogens with zero attached hydrogens (tertiary/aromatic N) is 3. The van der Waals surface area contributed by atoms with Crippen molar-refractivity contribution in [1.82, 2.24) is 25.4 Å². The van der Waals surface area contributed by atoms with Crippen molar-refractivity contribution in [2.45, 2.75) is 53.0 Å². The lowest BCUT2D eigenvalue weighted by molar-refractivity contribution is -0.152. The van der Waals surface area contributed by atoms with E-state index in [0.29, 0.717) is 6.42 Å². The number of nitrogen functional groups attached to an aromatic ring is 1. The number of aliphatic hydroxyl groups excluding tert-OH is 1. The van der Waals surface area contributed by atoms with Crippen molar-refractivity contribution in [3.63, 3.8) is 0 Å². The van der Waals surface area contributed by atoms with Gasteiger partial charge in [0, 0.05) is 12.6 Å². The molecule has 2 amide bonds. The van der Waals surface area contributed by atoms with Gasteiger partial charge in [-0.25, -0.2) is 14.6 Å². The lowest BCUT2D eigenvalue weighted by atomic mass is 9.62. The molecule has 3 atom stereocenters. The van der Waals surface area contributed by atoms with Gasteiger partial charge in [-0.05, 0) is 37.0 Å². The predicted molar refractivity (Wildman–Crippen MR) is 110 cm³/mol. The minimum absolute atomic E-state index is 0.00636. The maximum absolute atomic E-state index is 12.4. The summed E-state index contributed by atoms with van der Waals surface area (Å²) in [7, 11) is 0. The fourth-order valence-corrected chi connectivity index (χ4v) is 4.22. The number of hydrogen-bond donors (Lipinski definition) is 5. The molecule has 0 aliphatic heterocycles. The van der Waals surface area contributed by atoms with Gasteiger partial charge in [0.1, 0.15) is 18.3 Å². The molecule has 12 heteroatoms. The Balaban J connectivity index is 1.95. The molecule has 1 aromatic heterocycles. The molecule has 6 N–H and O–H groups in total. The Bertz CT molecular complexity index is 827. The summed E-state index contributed by atoms with van der Waals surface area (Å²) in [5.74, 6) is -1.25. The highest BCUT2D eigenvalue weighted by molar-refractivity contribution is 5.76. The van der Waals surface area contributed by atoms with Crippen molar-refractivity contribution in [1.29, 1.82) is 0 Å². The SMILES string of the molecule is CC1(C)CC(NC(=O)n2cnc(N)n2)CC(C)(CNC(=O)OCC(C)(CO)C(=O)O)C1. The molecule has 0 saturated heterocycles. The van der Waals surface area contributed by atoms with E-state index in [1.807, 2.05) is 6.92 Å². The second-order valence-electron chi connectivity index (χ2n) is 9.71. The summed E-state index contributed by atoms with van der Waals surface area (Å²) in [6, 6.07) is -0.590. The van der Waals surface area contributed by atoms with E-state index in [1.165, 1.54) is 13.3 Å². The first-order valence-corrected chi connectivity index (χ1v) is 10.0. The van der Waals surface area contributed by atoms with E-state index in [2.05, 4.69) is 34.6 Å². The number of rotatable bonds is 7. The van der Waals surface area contributed by atoms with Gasteiger partial charge >= 0.3 is 18.1 Å². The van der Waals surface area contributed by atoms with Gasteiger partial charge in [-0.1, -0.05) is 20.8 Å². The molecule has 1 heterocycles. The number of nitrogens with one attached hydrogen (secondary N) is 2. The quantitative estimate of drug-likeness (QED) is 0.410. The number of hydrogen-bond acceptors (Lipinski definition) is 8. The van der Waals surface area contributed by atoms with Crippen LogP contribution in [0.4, 0.5) is 15.5 Å². The Morgan fingerprint density at radius 3 is 2.58 bits per heavy atom. The molecular formula is C19H32N6O6. The average molecular weight is 441 g/mol. The molecule has 0 spiro atoms. The van der Waals surface area contributed by atoms with Crippen LogP contribution in [-0.4, -0.2) is 68.9 Å². The van der Waals surface area contributed by atoms with E-state index in [9.17, 15) is 19.5 Å². The Hall–Kier alpha value is -2.89. The summed E-state index contributed by atoms with van der Waals surface area (Å²) < 4.78 is 6.05. The van der Waals surface area contributed by atoms with E-state index in [1.54, 1.807) is 0 Å². The highest BCUT2D eigenvalue weighted by Crippen LogP contribution is 2.45. The lowest BCUT2D eigenvalue weighted by Gasteiger charge is -2.46. The van der Waals surface area contributed by atoms with E-state index in [4.69, 9.17) is 15.6 Å². The molecule has 12 nitrogen and oxygen atoms in total. The van der Waals surface area contributed by atoms with Crippen molar-refractivity contribution < 1.29 is 29.3 Å². The predicted octanol–water partition coefficient (Wildman–Crippen LogP) is 0.812. The van der Waals surface area contributed by atoms with E-state index < -0.39 is 36.7 Å². The first-order valence-electron chi connectivity index (χ1n) is 10.0. The molecule has 1 fully saturated rings. The van der Waals surface area contributed by atoms with E-state index >= 15 is 0 Å². The molecule has 0 aromatic carbocycles. The summed E-state index contributed by atoms with van der Waals surface area (Å²) >= 11 is 0. The Morgan fingerprint density at radius 2 is 2.03 bits per heavy atom. The number of carboxylic acid groups (broad SMARTS) is 1. The number of carbonyl (C=O) groups excluding carboxylic acids is 2. The molecule has 0 radical (unpaired) electrons. The molecule has 2 rings (SSSR count). The minimum atomic E-state index is -1.56. The summed E-state index contributed by atoms with van der Waals surface area (Å²) in [5, 5.41) is 27.8. The fourth-order valence-electron chi connectivity index (χ4n) is 4.22. The summed E-state index contributed by atoms with van der Waals surface area (Å²) in [6.07, 6.45) is 2.63. The standard InChI is InChI=1S/C19H32N6O6/c1-17(2)5-12(23-15(29)25-11-22-14(20)24-25)6-18(3,7-17)8-21-16(30)31-10-19(4,9-26)13(27)28/h11-12,26H,5-10H2,1-4H3,(H2,20,24)(H,21,30)(H,23,29)(H,27,28). The van der Waals surface area contributed by atoms with Crippen molar-refractivity contribution >= 4 is 24.0 Å². The van der Waals surface area contributed by atoms with Crippen LogP contribution in [0.3, 0.4) is 0 Å². The van der Waals surface area contributed by atoms with Crippen molar-refractivity contribution in [2.75, 3.05) is 25.5 Å². The monoisotopic (exact) mass is 440 g/mol. The molecule has 1 aliphatic rings. The average Bonchev–Trinajstić information content (AvgIpc) is 3.09. The fraction of sp³-hybridized carbons (Fsp3) is 0.737. The second-order valence-corrected chi connectivity index (χ2v) is 9.71. The number of aliphatic carboxylic acids is 1. The molecule has 1 saturated carbocycles. The zero-order chi connectivity index (χ0) is 23.4. The topological polar surface area (TPSA) is 182 Å². The zero-order valence-electron chi connectivity index (χ0n) is 18.3. The molecule has 174 valence electrons. The largest absolute Gasteiger partial charge is 0.481 e. The van der Waals surface area contributed by atoms with Crippen LogP contribution in [0, 0.1) is 16.2 Å². The second kappa shape index (κ2) is 9.08. The van der Waals surface area contributed by atoms with Gasteiger partial charge in [0.05, 0.1) is 6.61 Å². The first-order chi connectivity index (χ1) is 14.3. The smallest absolute Gasteiger partial charge is 0.407 e. The van der Waals surface area contributed by atoms with Crippen LogP contribution in [0.5, 0.6) is 0 Å². The van der Waals surface area contributed by atoms with E-state index in [0.717, 1.165) is 17.5 Å². The molecule has 1 aromatic rings. The third kappa shape index (κ3) is 6.54. The Labute approximate surface area is 180 Å². The number of ether oxygens (including phenoxy) is 1. The third-order valence-electron chi connectivity index (χ3n) is 5.54.